The van der Waals surface area contributed by atoms with Crippen LogP contribution in [-0.2, 0) is 6.42 Å². The van der Waals surface area contributed by atoms with E-state index >= 15 is 0 Å². The number of nitrogens with zero attached hydrogens (tertiary/aromatic N) is 2. The van der Waals surface area contributed by atoms with Crippen LogP contribution >= 0.6 is 23.2 Å². The van der Waals surface area contributed by atoms with Crippen LogP contribution < -0.4 is 4.74 Å². The topological polar surface area (TPSA) is 35.0 Å². The van der Waals surface area contributed by atoms with Gasteiger partial charge in [0.15, 0.2) is 12.4 Å². The predicted octanol–water partition coefficient (Wildman–Crippen LogP) is 10.6. The smallest absolute Gasteiger partial charge is 0.460 e. The first-order valence-corrected chi connectivity index (χ1v) is 13.2. The van der Waals surface area contributed by atoms with Gasteiger partial charge in [-0.05, 0) is 43.0 Å². The van der Waals surface area contributed by atoms with E-state index in [1.54, 1.807) is 0 Å². The molecule has 45 heavy (non-hydrogen) atoms. The van der Waals surface area contributed by atoms with Gasteiger partial charge in [-0.3, -0.25) is 0 Å². The van der Waals surface area contributed by atoms with Crippen LogP contribution in [0.15, 0.2) is 24.3 Å². The number of aromatic nitrogens is 2. The Bertz CT molecular complexity index is 1300. The monoisotopic (exact) mass is 720 g/mol. The SMILES string of the molecule is CC[C@H](C)CCCc1c(Cl)nc(-c2ccc(OCC(F)(F)C(F)(F)C(F)(F)C(F)(F)C(F)(F)C(F)(F)C(F)(F)F)cc2)nc1Cl. The van der Waals surface area contributed by atoms with Gasteiger partial charge in [0, 0.05) is 11.1 Å². The molecule has 0 radical (unpaired) electrons. The summed E-state index contributed by atoms with van der Waals surface area (Å²) >= 11 is 12.4. The zero-order chi connectivity index (χ0) is 35.0. The summed E-state index contributed by atoms with van der Waals surface area (Å²) in [5.41, 5.74) is 0.490. The summed E-state index contributed by atoms with van der Waals surface area (Å²) in [4.78, 5) is 8.08. The first-order chi connectivity index (χ1) is 20.2. The van der Waals surface area contributed by atoms with Crippen molar-refractivity contribution >= 4 is 23.2 Å². The first kappa shape index (κ1) is 38.8. The van der Waals surface area contributed by atoms with Gasteiger partial charge in [0.05, 0.1) is 0 Å². The summed E-state index contributed by atoms with van der Waals surface area (Å²) in [6, 6.07) is 3.47. The van der Waals surface area contributed by atoms with Gasteiger partial charge in [0.1, 0.15) is 16.1 Å². The Kier molecular flexibility index (Phi) is 11.2. The lowest BCUT2D eigenvalue weighted by Gasteiger charge is -2.41. The molecule has 0 N–H and O–H groups in total. The molecule has 0 spiro atoms. The maximum Gasteiger partial charge on any atom is 0.460 e. The van der Waals surface area contributed by atoms with Gasteiger partial charge in [-0.1, -0.05) is 49.9 Å². The average molecular weight is 721 g/mol. The third-order valence-electron chi connectivity index (χ3n) is 6.65. The van der Waals surface area contributed by atoms with E-state index in [1.165, 1.54) is 0 Å². The van der Waals surface area contributed by atoms with Crippen molar-refractivity contribution in [2.45, 2.75) is 81.2 Å². The number of alkyl halides is 15. The number of benzene rings is 1. The summed E-state index contributed by atoms with van der Waals surface area (Å²) in [6.07, 6.45) is -4.72. The molecule has 1 aromatic heterocycles. The molecule has 0 fully saturated rings. The Morgan fingerprint density at radius 1 is 0.689 bits per heavy atom. The van der Waals surface area contributed by atoms with Gasteiger partial charge < -0.3 is 4.74 Å². The highest BCUT2D eigenvalue weighted by Crippen LogP contribution is 2.62. The number of halogens is 17. The van der Waals surface area contributed by atoms with Crippen LogP contribution in [0.4, 0.5) is 65.9 Å². The fourth-order valence-electron chi connectivity index (χ4n) is 3.56. The van der Waals surface area contributed by atoms with E-state index in [2.05, 4.69) is 14.7 Å². The lowest BCUT2D eigenvalue weighted by atomic mass is 9.91. The second-order valence-electron chi connectivity index (χ2n) is 9.90. The van der Waals surface area contributed by atoms with Crippen LogP contribution in [0, 0.1) is 5.92 Å². The second kappa shape index (κ2) is 13.0. The Labute approximate surface area is 255 Å². The van der Waals surface area contributed by atoms with Crippen molar-refractivity contribution in [1.82, 2.24) is 9.97 Å². The molecule has 0 aliphatic carbocycles. The largest absolute Gasteiger partial charge is 0.487 e. The molecule has 1 aromatic carbocycles. The van der Waals surface area contributed by atoms with Crippen molar-refractivity contribution in [1.29, 1.82) is 0 Å². The van der Waals surface area contributed by atoms with Crippen molar-refractivity contribution in [2.75, 3.05) is 6.61 Å². The standard InChI is InChI=1S/C25H21Cl2F15N2O/c1-3-12(2)5-4-6-15-16(26)43-18(44-17(15)27)13-7-9-14(10-8-13)45-11-19(28,29)20(30,31)21(32,33)22(34,35)23(36,37)24(38,39)25(40,41)42/h7-10,12H,3-6,11H2,1-2H3/t12-/m0/s1. The van der Waals surface area contributed by atoms with Crippen LogP contribution in [0.25, 0.3) is 11.4 Å². The highest BCUT2D eigenvalue weighted by atomic mass is 35.5. The Balaban J connectivity index is 2.25. The van der Waals surface area contributed by atoms with Crippen LogP contribution in [0.3, 0.4) is 0 Å². The Hall–Kier alpha value is -2.37. The molecule has 1 atom stereocenters. The molecule has 0 amide bonds. The van der Waals surface area contributed by atoms with Gasteiger partial charge in [-0.25, -0.2) is 9.97 Å². The fraction of sp³-hybridized carbons (Fsp3) is 0.600. The molecule has 256 valence electrons. The van der Waals surface area contributed by atoms with E-state index in [1.807, 2.05) is 13.8 Å². The van der Waals surface area contributed by atoms with Crippen LogP contribution in [0.2, 0.25) is 10.3 Å². The Morgan fingerprint density at radius 3 is 1.58 bits per heavy atom. The first-order valence-electron chi connectivity index (χ1n) is 12.5. The van der Waals surface area contributed by atoms with Gasteiger partial charge in [0.2, 0.25) is 0 Å². The highest BCUT2D eigenvalue weighted by molar-refractivity contribution is 6.34. The summed E-state index contributed by atoms with van der Waals surface area (Å²) in [7, 11) is 0. The summed E-state index contributed by atoms with van der Waals surface area (Å²) < 4.78 is 204. The molecule has 0 saturated carbocycles. The van der Waals surface area contributed by atoms with E-state index in [0.29, 0.717) is 24.3 Å². The number of ether oxygens (including phenoxy) is 1. The maximum absolute atomic E-state index is 14.1. The van der Waals surface area contributed by atoms with Gasteiger partial charge in [-0.2, -0.15) is 65.9 Å². The van der Waals surface area contributed by atoms with Gasteiger partial charge in [-0.15, -0.1) is 0 Å². The Morgan fingerprint density at radius 2 is 1.13 bits per heavy atom. The number of hydrogen-bond donors (Lipinski definition) is 0. The molecule has 0 saturated heterocycles. The lowest BCUT2D eigenvalue weighted by Crippen LogP contribution is -2.73. The van der Waals surface area contributed by atoms with E-state index in [0.717, 1.165) is 37.1 Å². The molecular formula is C25H21Cl2F15N2O. The van der Waals surface area contributed by atoms with Crippen molar-refractivity contribution in [3.8, 4) is 17.1 Å². The summed E-state index contributed by atoms with van der Waals surface area (Å²) in [5.74, 6) is -47.6. The third kappa shape index (κ3) is 7.15. The second-order valence-corrected chi connectivity index (χ2v) is 10.6. The van der Waals surface area contributed by atoms with Gasteiger partial charge in [0.25, 0.3) is 0 Å². The zero-order valence-electron chi connectivity index (χ0n) is 22.7. The van der Waals surface area contributed by atoms with E-state index in [-0.39, 0.29) is 21.7 Å². The molecule has 3 nitrogen and oxygen atoms in total. The lowest BCUT2D eigenvalue weighted by molar-refractivity contribution is -0.453. The van der Waals surface area contributed by atoms with Crippen molar-refractivity contribution in [3.63, 3.8) is 0 Å². The maximum atomic E-state index is 14.1. The molecular weight excluding hydrogens is 700 g/mol. The minimum absolute atomic E-state index is 0.0346. The molecule has 0 aliphatic rings. The molecule has 2 aromatic rings. The fourth-order valence-corrected chi connectivity index (χ4v) is 4.14. The quantitative estimate of drug-likeness (QED) is 0.144. The van der Waals surface area contributed by atoms with Crippen molar-refractivity contribution < 1.29 is 70.6 Å². The van der Waals surface area contributed by atoms with E-state index < -0.39 is 54.1 Å². The van der Waals surface area contributed by atoms with Crippen molar-refractivity contribution in [2.24, 2.45) is 5.92 Å². The molecule has 0 unspecified atom stereocenters. The van der Waals surface area contributed by atoms with Crippen LogP contribution in [0.5, 0.6) is 5.75 Å². The van der Waals surface area contributed by atoms with E-state index in [4.69, 9.17) is 23.2 Å². The van der Waals surface area contributed by atoms with Crippen LogP contribution in [-0.4, -0.2) is 58.3 Å². The van der Waals surface area contributed by atoms with E-state index in [9.17, 15) is 65.9 Å². The molecule has 0 aliphatic heterocycles. The summed E-state index contributed by atoms with van der Waals surface area (Å²) in [6.45, 7) is 1.11. The highest BCUT2D eigenvalue weighted by Gasteiger charge is 2.93. The molecule has 20 heteroatoms. The average Bonchev–Trinajstić information content (AvgIpc) is 2.92. The summed E-state index contributed by atoms with van der Waals surface area (Å²) in [5, 5.41) is -0.0692. The minimum Gasteiger partial charge on any atom is -0.487 e. The molecule has 0 bridgehead atoms. The van der Waals surface area contributed by atoms with Crippen molar-refractivity contribution in [3.05, 3.63) is 40.1 Å². The predicted molar refractivity (Wildman–Crippen MR) is 131 cm³/mol. The molecule has 2 rings (SSSR count). The number of hydrogen-bond acceptors (Lipinski definition) is 3. The van der Waals surface area contributed by atoms with Crippen LogP contribution in [0.1, 0.15) is 38.7 Å². The normalized spacial score (nSPS) is 14.9. The third-order valence-corrected chi connectivity index (χ3v) is 7.28. The minimum atomic E-state index is -8.36. The zero-order valence-corrected chi connectivity index (χ0v) is 24.2. The van der Waals surface area contributed by atoms with Gasteiger partial charge >= 0.3 is 41.7 Å². The number of rotatable bonds is 14. The molecule has 1 heterocycles.